The Morgan fingerprint density at radius 3 is 2.48 bits per heavy atom. The number of thioether (sulfide) groups is 1. The largest absolute Gasteiger partial charge is 0.435 e. The number of cyclic esters (lactones) is 1. The molecule has 5 heteroatoms. The minimum Gasteiger partial charge on any atom is -0.435 e. The van der Waals surface area contributed by atoms with Gasteiger partial charge in [0.05, 0.1) is 12.0 Å². The lowest BCUT2D eigenvalue weighted by molar-refractivity contribution is -0.253. The van der Waals surface area contributed by atoms with Crippen molar-refractivity contribution >= 4 is 23.4 Å². The van der Waals surface area contributed by atoms with E-state index in [1.54, 1.807) is 11.8 Å². The van der Waals surface area contributed by atoms with E-state index in [9.17, 15) is 4.79 Å². The Balaban J connectivity index is 2.15. The molecule has 4 atom stereocenters. The van der Waals surface area contributed by atoms with Gasteiger partial charge in [-0.25, -0.2) is 0 Å². The summed E-state index contributed by atoms with van der Waals surface area (Å²) in [5.74, 6) is -0.458. The maximum absolute atomic E-state index is 12.6. The number of hydrogen-bond donors (Lipinski definition) is 1. The molecule has 1 aromatic carbocycles. The summed E-state index contributed by atoms with van der Waals surface area (Å²) in [4.78, 5) is 13.6. The van der Waals surface area contributed by atoms with Crippen LogP contribution in [0.1, 0.15) is 41.0 Å². The molecule has 0 saturated carbocycles. The van der Waals surface area contributed by atoms with E-state index in [1.807, 2.05) is 52.0 Å². The van der Waals surface area contributed by atoms with Gasteiger partial charge >= 0.3 is 5.97 Å². The van der Waals surface area contributed by atoms with Crippen molar-refractivity contribution in [2.75, 3.05) is 5.73 Å². The number of benzene rings is 1. The molecule has 1 aliphatic rings. The van der Waals surface area contributed by atoms with Gasteiger partial charge in [0.2, 0.25) is 6.29 Å². The van der Waals surface area contributed by atoms with Crippen molar-refractivity contribution in [3.05, 3.63) is 24.3 Å². The molecule has 1 heterocycles. The molecule has 1 aromatic rings. The van der Waals surface area contributed by atoms with Crippen LogP contribution in [0, 0.1) is 11.3 Å². The van der Waals surface area contributed by atoms with Gasteiger partial charge in [-0.1, -0.05) is 39.8 Å². The lowest BCUT2D eigenvalue weighted by Crippen LogP contribution is -2.50. The molecule has 0 aliphatic carbocycles. The van der Waals surface area contributed by atoms with E-state index in [1.165, 1.54) is 0 Å². The molecule has 1 fully saturated rings. The van der Waals surface area contributed by atoms with Crippen LogP contribution < -0.4 is 5.73 Å². The summed E-state index contributed by atoms with van der Waals surface area (Å²) in [5, 5.41) is 0.0723. The van der Waals surface area contributed by atoms with Crippen LogP contribution in [0.5, 0.6) is 0 Å². The molecular formula is C18H27NO3S. The number of hydrogen-bond acceptors (Lipinski definition) is 5. The smallest absolute Gasteiger partial charge is 0.315 e. The van der Waals surface area contributed by atoms with Crippen LogP contribution in [0.3, 0.4) is 0 Å². The maximum Gasteiger partial charge on any atom is 0.315 e. The van der Waals surface area contributed by atoms with Crippen LogP contribution in [-0.4, -0.2) is 23.6 Å². The van der Waals surface area contributed by atoms with E-state index in [0.29, 0.717) is 0 Å². The number of rotatable bonds is 4. The Bertz CT molecular complexity index is 555. The highest BCUT2D eigenvalue weighted by molar-refractivity contribution is 8.00. The third-order valence-corrected chi connectivity index (χ3v) is 5.60. The lowest BCUT2D eigenvalue weighted by Gasteiger charge is -2.41. The van der Waals surface area contributed by atoms with Crippen LogP contribution in [0.25, 0.3) is 0 Å². The molecule has 0 bridgehead atoms. The number of carbonyl (C=O) groups is 1. The van der Waals surface area contributed by atoms with Crippen molar-refractivity contribution in [2.45, 2.75) is 63.6 Å². The highest BCUT2D eigenvalue weighted by Crippen LogP contribution is 2.40. The Hall–Kier alpha value is -1.20. The molecular weight excluding hydrogens is 310 g/mol. The highest BCUT2D eigenvalue weighted by Gasteiger charge is 2.45. The van der Waals surface area contributed by atoms with Crippen molar-refractivity contribution < 1.29 is 14.3 Å². The molecule has 0 radical (unpaired) electrons. The molecule has 128 valence electrons. The number of para-hydroxylation sites is 1. The van der Waals surface area contributed by atoms with E-state index in [0.717, 1.165) is 17.0 Å². The molecule has 23 heavy (non-hydrogen) atoms. The van der Waals surface area contributed by atoms with Gasteiger partial charge < -0.3 is 15.2 Å². The van der Waals surface area contributed by atoms with Crippen molar-refractivity contribution in [2.24, 2.45) is 11.3 Å². The van der Waals surface area contributed by atoms with Gasteiger partial charge in [0.1, 0.15) is 0 Å². The van der Waals surface area contributed by atoms with Crippen LogP contribution in [0.4, 0.5) is 5.69 Å². The first-order chi connectivity index (χ1) is 10.7. The van der Waals surface area contributed by atoms with Gasteiger partial charge in [0, 0.05) is 21.2 Å². The predicted molar refractivity (Wildman–Crippen MR) is 94.2 cm³/mol. The zero-order chi connectivity index (χ0) is 17.2. The summed E-state index contributed by atoms with van der Waals surface area (Å²) in [7, 11) is 0. The fourth-order valence-electron chi connectivity index (χ4n) is 2.68. The summed E-state index contributed by atoms with van der Waals surface area (Å²) in [6, 6.07) is 7.74. The Labute approximate surface area is 143 Å². The number of anilines is 1. The zero-order valence-corrected chi connectivity index (χ0v) is 15.4. The van der Waals surface area contributed by atoms with Crippen molar-refractivity contribution in [3.63, 3.8) is 0 Å². The Morgan fingerprint density at radius 2 is 1.96 bits per heavy atom. The van der Waals surface area contributed by atoms with Crippen LogP contribution in [0.15, 0.2) is 29.2 Å². The monoisotopic (exact) mass is 337 g/mol. The van der Waals surface area contributed by atoms with Crippen LogP contribution in [-0.2, 0) is 14.3 Å². The average molecular weight is 337 g/mol. The SMILES string of the molecule is CC[C@H](Sc1ccccc1N)C1C(=O)O[C@H](C(C)(C)C)O[C@@H]1C. The molecule has 4 nitrogen and oxygen atoms in total. The number of nitrogens with two attached hydrogens (primary N) is 1. The third-order valence-electron chi connectivity index (χ3n) is 4.05. The molecule has 0 spiro atoms. The summed E-state index contributed by atoms with van der Waals surface area (Å²) < 4.78 is 11.6. The second-order valence-corrected chi connectivity index (χ2v) is 8.39. The molecule has 0 amide bonds. The summed E-state index contributed by atoms with van der Waals surface area (Å²) in [6.45, 7) is 10.1. The number of carbonyl (C=O) groups excluding carboxylic acids is 1. The summed E-state index contributed by atoms with van der Waals surface area (Å²) >= 11 is 1.63. The maximum atomic E-state index is 12.6. The zero-order valence-electron chi connectivity index (χ0n) is 14.5. The first-order valence-electron chi connectivity index (χ1n) is 8.11. The van der Waals surface area contributed by atoms with Crippen molar-refractivity contribution in [3.8, 4) is 0 Å². The number of ether oxygens (including phenoxy) is 2. The summed E-state index contributed by atoms with van der Waals surface area (Å²) in [5.41, 5.74) is 6.54. The van der Waals surface area contributed by atoms with Gasteiger partial charge in [-0.15, -0.1) is 11.8 Å². The Morgan fingerprint density at radius 1 is 1.30 bits per heavy atom. The van der Waals surface area contributed by atoms with Crippen molar-refractivity contribution in [1.29, 1.82) is 0 Å². The first-order valence-corrected chi connectivity index (χ1v) is 8.99. The van der Waals surface area contributed by atoms with Crippen molar-refractivity contribution in [1.82, 2.24) is 0 Å². The van der Waals surface area contributed by atoms with Gasteiger partial charge in [-0.3, -0.25) is 4.79 Å². The molecule has 1 unspecified atom stereocenters. The number of esters is 1. The molecule has 1 aliphatic heterocycles. The van der Waals surface area contributed by atoms with E-state index in [2.05, 4.69) is 6.92 Å². The molecule has 2 N–H and O–H groups in total. The molecule has 1 saturated heterocycles. The fraction of sp³-hybridized carbons (Fsp3) is 0.611. The minimum absolute atomic E-state index is 0.0723. The van der Waals surface area contributed by atoms with Gasteiger partial charge in [-0.2, -0.15) is 0 Å². The second kappa shape index (κ2) is 7.14. The first kappa shape index (κ1) is 18.1. The van der Waals surface area contributed by atoms with E-state index < -0.39 is 6.29 Å². The lowest BCUT2D eigenvalue weighted by atomic mass is 9.92. The normalized spacial score (nSPS) is 26.7. The van der Waals surface area contributed by atoms with Crippen LogP contribution in [0.2, 0.25) is 0 Å². The quantitative estimate of drug-likeness (QED) is 0.509. The molecule has 0 aromatic heterocycles. The van der Waals surface area contributed by atoms with Crippen LogP contribution >= 0.6 is 11.8 Å². The van der Waals surface area contributed by atoms with Gasteiger partial charge in [-0.05, 0) is 25.5 Å². The standard InChI is InChI=1S/C18H27NO3S/c1-6-13(23-14-10-8-7-9-12(14)19)15-11(2)21-17(18(3,4)5)22-16(15)20/h7-11,13,15,17H,6,19H2,1-5H3/t11-,13+,15?,17-/m1/s1. The van der Waals surface area contributed by atoms with E-state index in [-0.39, 0.29) is 28.7 Å². The highest BCUT2D eigenvalue weighted by atomic mass is 32.2. The number of nitrogen functional groups attached to an aromatic ring is 1. The van der Waals surface area contributed by atoms with E-state index >= 15 is 0 Å². The third kappa shape index (κ3) is 4.21. The van der Waals surface area contributed by atoms with E-state index in [4.69, 9.17) is 15.2 Å². The van der Waals surface area contributed by atoms with Gasteiger partial charge in [0.15, 0.2) is 0 Å². The average Bonchev–Trinajstić information content (AvgIpc) is 2.46. The van der Waals surface area contributed by atoms with Gasteiger partial charge in [0.25, 0.3) is 0 Å². The molecule has 2 rings (SSSR count). The summed E-state index contributed by atoms with van der Waals surface area (Å²) in [6.07, 6.45) is 0.167. The minimum atomic E-state index is -0.495. The predicted octanol–water partition coefficient (Wildman–Crippen LogP) is 4.09. The second-order valence-electron chi connectivity index (χ2n) is 7.10. The topological polar surface area (TPSA) is 61.6 Å². The Kier molecular flexibility index (Phi) is 5.63. The fourth-order valence-corrected chi connectivity index (χ4v) is 4.01.